The fraction of sp³-hybridized carbons (Fsp3) is 0.111. The minimum absolute atomic E-state index is 0.0800. The molecule has 3 aromatic rings. The first-order valence-corrected chi connectivity index (χ1v) is 8.21. The molecule has 10 nitrogen and oxygen atoms in total. The topological polar surface area (TPSA) is 132 Å². The first-order valence-electron chi connectivity index (χ1n) is 8.21. The van der Waals surface area contributed by atoms with Crippen LogP contribution in [0.1, 0.15) is 23.1 Å². The molecule has 3 rings (SSSR count). The maximum Gasteiger partial charge on any atom is 0.278 e. The van der Waals surface area contributed by atoms with Gasteiger partial charge in [-0.05, 0) is 31.2 Å². The average Bonchev–Trinajstić information content (AvgIpc) is 3.03. The van der Waals surface area contributed by atoms with Crippen LogP contribution in [-0.4, -0.2) is 31.7 Å². The molecule has 0 spiro atoms. The van der Waals surface area contributed by atoms with Gasteiger partial charge in [0, 0.05) is 30.4 Å². The van der Waals surface area contributed by atoms with E-state index in [2.05, 4.69) is 20.9 Å². The maximum absolute atomic E-state index is 12.6. The molecule has 2 N–H and O–H groups in total. The molecular weight excluding hydrogens is 364 g/mol. The van der Waals surface area contributed by atoms with Crippen LogP contribution >= 0.6 is 0 Å². The van der Waals surface area contributed by atoms with Gasteiger partial charge in [0.25, 0.3) is 11.6 Å². The molecule has 0 unspecified atom stereocenters. The molecular formula is C18H16N6O4. The third kappa shape index (κ3) is 4.01. The number of hydrogen-bond donors (Lipinski definition) is 2. The van der Waals surface area contributed by atoms with Gasteiger partial charge in [-0.3, -0.25) is 19.7 Å². The highest BCUT2D eigenvalue weighted by molar-refractivity contribution is 6.04. The van der Waals surface area contributed by atoms with Crippen molar-refractivity contribution < 1.29 is 14.5 Å². The van der Waals surface area contributed by atoms with Crippen LogP contribution in [0, 0.1) is 17.0 Å². The van der Waals surface area contributed by atoms with Crippen LogP contribution in [0.15, 0.2) is 48.5 Å². The zero-order chi connectivity index (χ0) is 20.3. The Kier molecular flexibility index (Phi) is 5.12. The van der Waals surface area contributed by atoms with E-state index in [9.17, 15) is 19.7 Å². The summed E-state index contributed by atoms with van der Waals surface area (Å²) in [7, 11) is 0. The number of hydrogen-bond acceptors (Lipinski definition) is 6. The summed E-state index contributed by atoms with van der Waals surface area (Å²) in [5.74, 6) is -0.714. The van der Waals surface area contributed by atoms with Gasteiger partial charge in [-0.1, -0.05) is 17.3 Å². The predicted molar refractivity (Wildman–Crippen MR) is 101 cm³/mol. The van der Waals surface area contributed by atoms with Crippen molar-refractivity contribution in [2.45, 2.75) is 13.8 Å². The van der Waals surface area contributed by atoms with E-state index in [1.165, 1.54) is 29.8 Å². The number of non-ortho nitro benzene ring substituents is 1. The number of aromatic nitrogens is 3. The SMILES string of the molecule is CC(=O)Nc1cccc(NC(=O)c2nnn(-c3cccc([N+](=O)[O-])c3)c2C)c1. The van der Waals surface area contributed by atoms with E-state index in [-0.39, 0.29) is 17.3 Å². The molecule has 0 atom stereocenters. The largest absolute Gasteiger partial charge is 0.326 e. The standard InChI is InChI=1S/C18H16N6O4/c1-11-17(18(26)20-14-6-3-5-13(9-14)19-12(2)25)21-22-23(11)15-7-4-8-16(10-15)24(27)28/h3-10H,1-2H3,(H,19,25)(H,20,26). The highest BCUT2D eigenvalue weighted by Gasteiger charge is 2.19. The first-order chi connectivity index (χ1) is 13.3. The summed E-state index contributed by atoms with van der Waals surface area (Å²) >= 11 is 0. The highest BCUT2D eigenvalue weighted by atomic mass is 16.6. The lowest BCUT2D eigenvalue weighted by atomic mass is 10.2. The van der Waals surface area contributed by atoms with Crippen molar-refractivity contribution in [3.05, 3.63) is 70.0 Å². The van der Waals surface area contributed by atoms with Crippen LogP contribution in [0.2, 0.25) is 0 Å². The van der Waals surface area contributed by atoms with Gasteiger partial charge in [0.05, 0.1) is 16.3 Å². The Labute approximate surface area is 159 Å². The van der Waals surface area contributed by atoms with E-state index in [4.69, 9.17) is 0 Å². The third-order valence-corrected chi connectivity index (χ3v) is 3.84. The second kappa shape index (κ2) is 7.66. The molecule has 0 bridgehead atoms. The highest BCUT2D eigenvalue weighted by Crippen LogP contribution is 2.20. The molecule has 2 amide bonds. The second-order valence-corrected chi connectivity index (χ2v) is 5.93. The summed E-state index contributed by atoms with van der Waals surface area (Å²) in [6.07, 6.45) is 0. The molecule has 2 aromatic carbocycles. The number of anilines is 2. The summed E-state index contributed by atoms with van der Waals surface area (Å²) in [5, 5.41) is 24.1. The van der Waals surface area contributed by atoms with Crippen molar-refractivity contribution in [3.8, 4) is 5.69 Å². The molecule has 0 saturated heterocycles. The molecule has 1 heterocycles. The van der Waals surface area contributed by atoms with Gasteiger partial charge < -0.3 is 10.6 Å². The number of nitro benzene ring substituents is 1. The van der Waals surface area contributed by atoms with Gasteiger partial charge in [0.1, 0.15) is 0 Å². The van der Waals surface area contributed by atoms with Crippen molar-refractivity contribution in [2.75, 3.05) is 10.6 Å². The van der Waals surface area contributed by atoms with Crippen LogP contribution in [0.3, 0.4) is 0 Å². The summed E-state index contributed by atoms with van der Waals surface area (Å²) in [6, 6.07) is 12.5. The number of benzene rings is 2. The van der Waals surface area contributed by atoms with E-state index in [1.54, 1.807) is 37.3 Å². The molecule has 0 fully saturated rings. The van der Waals surface area contributed by atoms with E-state index >= 15 is 0 Å². The maximum atomic E-state index is 12.6. The number of nitrogens with one attached hydrogen (secondary N) is 2. The van der Waals surface area contributed by atoms with Crippen LogP contribution in [0.4, 0.5) is 17.1 Å². The van der Waals surface area contributed by atoms with Crippen LogP contribution < -0.4 is 10.6 Å². The lowest BCUT2D eigenvalue weighted by Crippen LogP contribution is -2.14. The van der Waals surface area contributed by atoms with E-state index < -0.39 is 10.8 Å². The Balaban J connectivity index is 1.84. The molecule has 10 heteroatoms. The number of nitrogens with zero attached hydrogens (tertiary/aromatic N) is 4. The van der Waals surface area contributed by atoms with Crippen molar-refractivity contribution in [1.29, 1.82) is 0 Å². The normalized spacial score (nSPS) is 10.4. The van der Waals surface area contributed by atoms with Crippen molar-refractivity contribution in [2.24, 2.45) is 0 Å². The molecule has 28 heavy (non-hydrogen) atoms. The summed E-state index contributed by atoms with van der Waals surface area (Å²) in [6.45, 7) is 3.03. The zero-order valence-corrected chi connectivity index (χ0v) is 15.0. The fourth-order valence-corrected chi connectivity index (χ4v) is 2.59. The molecule has 0 aliphatic carbocycles. The number of carbonyl (C=O) groups excluding carboxylic acids is 2. The molecule has 0 aliphatic heterocycles. The van der Waals surface area contributed by atoms with Crippen molar-refractivity contribution >= 4 is 28.9 Å². The van der Waals surface area contributed by atoms with Crippen LogP contribution in [-0.2, 0) is 4.79 Å². The van der Waals surface area contributed by atoms with Gasteiger partial charge >= 0.3 is 0 Å². The molecule has 0 aliphatic rings. The van der Waals surface area contributed by atoms with E-state index in [0.717, 1.165) is 0 Å². The predicted octanol–water partition coefficient (Wildman–Crippen LogP) is 2.69. The first kappa shape index (κ1) is 18.7. The number of nitro groups is 1. The smallest absolute Gasteiger partial charge is 0.278 e. The van der Waals surface area contributed by atoms with Crippen LogP contribution in [0.25, 0.3) is 5.69 Å². The van der Waals surface area contributed by atoms with Gasteiger partial charge in [0.2, 0.25) is 5.91 Å². The Bertz CT molecular complexity index is 1080. The number of carbonyl (C=O) groups is 2. The van der Waals surface area contributed by atoms with Crippen molar-refractivity contribution in [3.63, 3.8) is 0 Å². The Hall–Kier alpha value is -4.08. The Morgan fingerprint density at radius 3 is 2.43 bits per heavy atom. The minimum Gasteiger partial charge on any atom is -0.326 e. The summed E-state index contributed by atoms with van der Waals surface area (Å²) in [5.41, 5.74) is 1.86. The third-order valence-electron chi connectivity index (χ3n) is 3.84. The average molecular weight is 380 g/mol. The summed E-state index contributed by atoms with van der Waals surface area (Å²) < 4.78 is 1.36. The van der Waals surface area contributed by atoms with Gasteiger partial charge in [-0.15, -0.1) is 5.10 Å². The van der Waals surface area contributed by atoms with Gasteiger partial charge in [-0.25, -0.2) is 4.68 Å². The van der Waals surface area contributed by atoms with Gasteiger partial charge in [-0.2, -0.15) is 0 Å². The molecule has 1 aromatic heterocycles. The number of rotatable bonds is 5. The lowest BCUT2D eigenvalue weighted by molar-refractivity contribution is -0.384. The molecule has 0 radical (unpaired) electrons. The minimum atomic E-state index is -0.508. The summed E-state index contributed by atoms with van der Waals surface area (Å²) in [4.78, 5) is 34.2. The van der Waals surface area contributed by atoms with Gasteiger partial charge in [0.15, 0.2) is 5.69 Å². The monoisotopic (exact) mass is 380 g/mol. The molecule has 0 saturated carbocycles. The zero-order valence-electron chi connectivity index (χ0n) is 15.0. The van der Waals surface area contributed by atoms with E-state index in [1.807, 2.05) is 0 Å². The fourth-order valence-electron chi connectivity index (χ4n) is 2.59. The quantitative estimate of drug-likeness (QED) is 0.517. The van der Waals surface area contributed by atoms with Crippen LogP contribution in [0.5, 0.6) is 0 Å². The van der Waals surface area contributed by atoms with Crippen molar-refractivity contribution in [1.82, 2.24) is 15.0 Å². The molecule has 142 valence electrons. The second-order valence-electron chi connectivity index (χ2n) is 5.93. The number of amides is 2. The Morgan fingerprint density at radius 2 is 1.75 bits per heavy atom. The van der Waals surface area contributed by atoms with E-state index in [0.29, 0.717) is 22.8 Å². The lowest BCUT2D eigenvalue weighted by Gasteiger charge is -2.07. The Morgan fingerprint density at radius 1 is 1.07 bits per heavy atom.